The Morgan fingerprint density at radius 2 is 1.90 bits per heavy atom. The minimum Gasteiger partial charge on any atom is -0.427 e. The molecule has 6 heteroatoms. The van der Waals surface area contributed by atoms with Gasteiger partial charge in [0.05, 0.1) is 5.75 Å². The van der Waals surface area contributed by atoms with E-state index in [0.717, 1.165) is 6.26 Å². The van der Waals surface area contributed by atoms with E-state index in [-0.39, 0.29) is 5.75 Å². The lowest BCUT2D eigenvalue weighted by Gasteiger charge is -2.06. The number of hydrogen-bond donors (Lipinski definition) is 2. The Hall–Kier alpha value is -0.0651. The highest BCUT2D eigenvalue weighted by atomic mass is 32.2. The zero-order valence-corrected chi connectivity index (χ0v) is 6.80. The molecule has 0 aromatic rings. The summed E-state index contributed by atoms with van der Waals surface area (Å²) in [7, 11) is -4.63. The van der Waals surface area contributed by atoms with Gasteiger partial charge in [-0.2, -0.15) is 0 Å². The standard InChI is InChI=1S/C4H11BO4S/c1-4(5(6)7)3-10(2,8)9/h4,6-7H,3H2,1-2H3/t4-/m1/s1. The van der Waals surface area contributed by atoms with Gasteiger partial charge in [0.2, 0.25) is 0 Å². The second-order valence-electron chi connectivity index (χ2n) is 2.48. The predicted octanol–water partition coefficient (Wildman–Crippen LogP) is -1.11. The molecule has 0 saturated carbocycles. The van der Waals surface area contributed by atoms with E-state index in [1.807, 2.05) is 0 Å². The van der Waals surface area contributed by atoms with Crippen molar-refractivity contribution in [3.8, 4) is 0 Å². The molecule has 10 heavy (non-hydrogen) atoms. The topological polar surface area (TPSA) is 74.6 Å². The van der Waals surface area contributed by atoms with Crippen molar-refractivity contribution in [1.82, 2.24) is 0 Å². The van der Waals surface area contributed by atoms with E-state index in [4.69, 9.17) is 10.0 Å². The largest absolute Gasteiger partial charge is 0.455 e. The van der Waals surface area contributed by atoms with Gasteiger partial charge in [-0.15, -0.1) is 0 Å². The summed E-state index contributed by atoms with van der Waals surface area (Å²) in [6, 6.07) is 0. The Morgan fingerprint density at radius 3 is 2.00 bits per heavy atom. The van der Waals surface area contributed by atoms with E-state index < -0.39 is 22.8 Å². The Kier molecular flexibility index (Phi) is 3.34. The Labute approximate surface area is 60.9 Å². The fourth-order valence-electron chi connectivity index (χ4n) is 0.564. The molecule has 4 nitrogen and oxygen atoms in total. The maximum absolute atomic E-state index is 10.5. The van der Waals surface area contributed by atoms with Crippen molar-refractivity contribution < 1.29 is 18.5 Å². The first-order valence-corrected chi connectivity index (χ1v) is 4.93. The highest BCUT2D eigenvalue weighted by Crippen LogP contribution is 2.07. The Bertz CT molecular complexity index is 185. The molecule has 0 aliphatic heterocycles. The average Bonchev–Trinajstić information content (AvgIpc) is 1.60. The van der Waals surface area contributed by atoms with Gasteiger partial charge in [-0.3, -0.25) is 0 Å². The Balaban J connectivity index is 3.93. The van der Waals surface area contributed by atoms with Crippen LogP contribution < -0.4 is 0 Å². The molecule has 0 unspecified atom stereocenters. The van der Waals surface area contributed by atoms with Gasteiger partial charge in [-0.05, 0) is 0 Å². The second kappa shape index (κ2) is 3.36. The molecular formula is C4H11BO4S. The van der Waals surface area contributed by atoms with Crippen molar-refractivity contribution >= 4 is 17.0 Å². The molecule has 0 fully saturated rings. The average molecular weight is 166 g/mol. The summed E-state index contributed by atoms with van der Waals surface area (Å²) in [6.45, 7) is 1.46. The van der Waals surface area contributed by atoms with Crippen molar-refractivity contribution in [2.24, 2.45) is 0 Å². The first kappa shape index (κ1) is 9.93. The third kappa shape index (κ3) is 4.78. The molecule has 60 valence electrons. The zero-order valence-electron chi connectivity index (χ0n) is 5.98. The molecule has 0 aliphatic rings. The molecule has 0 heterocycles. The van der Waals surface area contributed by atoms with Crippen molar-refractivity contribution in [2.45, 2.75) is 12.7 Å². The third-order valence-electron chi connectivity index (χ3n) is 1.07. The molecule has 0 aromatic heterocycles. The zero-order chi connectivity index (χ0) is 8.36. The van der Waals surface area contributed by atoms with Crippen molar-refractivity contribution in [3.63, 3.8) is 0 Å². The van der Waals surface area contributed by atoms with Crippen LogP contribution in [0.3, 0.4) is 0 Å². The van der Waals surface area contributed by atoms with E-state index >= 15 is 0 Å². The van der Waals surface area contributed by atoms with Crippen molar-refractivity contribution in [1.29, 1.82) is 0 Å². The highest BCUT2D eigenvalue weighted by molar-refractivity contribution is 7.90. The van der Waals surface area contributed by atoms with Crippen LogP contribution in [0, 0.1) is 0 Å². The molecule has 2 N–H and O–H groups in total. The van der Waals surface area contributed by atoms with Gasteiger partial charge >= 0.3 is 7.12 Å². The van der Waals surface area contributed by atoms with Gasteiger partial charge in [-0.1, -0.05) is 6.92 Å². The van der Waals surface area contributed by atoms with Crippen LogP contribution >= 0.6 is 0 Å². The van der Waals surface area contributed by atoms with Gasteiger partial charge < -0.3 is 10.0 Å². The lowest BCUT2D eigenvalue weighted by molar-refractivity contribution is 0.392. The minimum absolute atomic E-state index is 0.190. The van der Waals surface area contributed by atoms with Crippen LogP contribution in [0.15, 0.2) is 0 Å². The van der Waals surface area contributed by atoms with Gasteiger partial charge in [0.1, 0.15) is 9.84 Å². The van der Waals surface area contributed by atoms with Crippen molar-refractivity contribution in [2.75, 3.05) is 12.0 Å². The molecule has 0 bridgehead atoms. The summed E-state index contributed by atoms with van der Waals surface area (Å²) in [4.78, 5) is 0. The summed E-state index contributed by atoms with van der Waals surface area (Å²) in [5.74, 6) is -0.806. The molecule has 0 aliphatic carbocycles. The summed E-state index contributed by atoms with van der Waals surface area (Å²) in [6.07, 6.45) is 1.06. The molecular weight excluding hydrogens is 155 g/mol. The molecule has 0 spiro atoms. The smallest absolute Gasteiger partial charge is 0.427 e. The van der Waals surface area contributed by atoms with Crippen LogP contribution in [0.2, 0.25) is 5.82 Å². The fourth-order valence-corrected chi connectivity index (χ4v) is 1.69. The molecule has 0 saturated heterocycles. The number of rotatable bonds is 3. The van der Waals surface area contributed by atoms with Crippen LogP contribution in [-0.4, -0.2) is 37.6 Å². The van der Waals surface area contributed by atoms with Crippen LogP contribution in [-0.2, 0) is 9.84 Å². The SMILES string of the molecule is C[C@H](CS(C)(=O)=O)B(O)O. The van der Waals surface area contributed by atoms with Crippen molar-refractivity contribution in [3.05, 3.63) is 0 Å². The number of hydrogen-bond acceptors (Lipinski definition) is 4. The first-order valence-electron chi connectivity index (χ1n) is 2.87. The van der Waals surface area contributed by atoms with E-state index in [1.54, 1.807) is 0 Å². The quantitative estimate of drug-likeness (QED) is 0.521. The maximum atomic E-state index is 10.5. The molecule has 0 rings (SSSR count). The molecule has 0 aromatic carbocycles. The van der Waals surface area contributed by atoms with E-state index in [2.05, 4.69) is 0 Å². The maximum Gasteiger partial charge on any atom is 0.455 e. The van der Waals surface area contributed by atoms with E-state index in [9.17, 15) is 8.42 Å². The lowest BCUT2D eigenvalue weighted by Crippen LogP contribution is -2.24. The summed E-state index contributed by atoms with van der Waals surface area (Å²) in [5, 5.41) is 17.0. The van der Waals surface area contributed by atoms with E-state index in [0.29, 0.717) is 0 Å². The van der Waals surface area contributed by atoms with Gasteiger partial charge in [0.25, 0.3) is 0 Å². The first-order chi connectivity index (χ1) is 4.33. The van der Waals surface area contributed by atoms with Gasteiger partial charge in [-0.25, -0.2) is 8.42 Å². The Morgan fingerprint density at radius 1 is 1.50 bits per heavy atom. The summed E-state index contributed by atoms with van der Waals surface area (Å²) in [5.41, 5.74) is 0. The van der Waals surface area contributed by atoms with Gasteiger partial charge in [0, 0.05) is 12.1 Å². The summed E-state index contributed by atoms with van der Waals surface area (Å²) >= 11 is 0. The van der Waals surface area contributed by atoms with Gasteiger partial charge in [0.15, 0.2) is 0 Å². The number of sulfone groups is 1. The second-order valence-corrected chi connectivity index (χ2v) is 4.67. The normalized spacial score (nSPS) is 14.8. The highest BCUT2D eigenvalue weighted by Gasteiger charge is 2.21. The third-order valence-corrected chi connectivity index (χ3v) is 2.21. The monoisotopic (exact) mass is 166 g/mol. The molecule has 0 amide bonds. The predicted molar refractivity (Wildman–Crippen MR) is 39.3 cm³/mol. The fraction of sp³-hybridized carbons (Fsp3) is 1.00. The van der Waals surface area contributed by atoms with Crippen LogP contribution in [0.4, 0.5) is 0 Å². The summed E-state index contributed by atoms with van der Waals surface area (Å²) < 4.78 is 21.0. The van der Waals surface area contributed by atoms with Crippen LogP contribution in [0.5, 0.6) is 0 Å². The minimum atomic E-state index is -3.09. The molecule has 1 atom stereocenters. The molecule has 0 radical (unpaired) electrons. The lowest BCUT2D eigenvalue weighted by atomic mass is 9.76. The van der Waals surface area contributed by atoms with Crippen LogP contribution in [0.1, 0.15) is 6.92 Å². The van der Waals surface area contributed by atoms with E-state index in [1.165, 1.54) is 6.92 Å². The van der Waals surface area contributed by atoms with Crippen LogP contribution in [0.25, 0.3) is 0 Å².